The van der Waals surface area contributed by atoms with Gasteiger partial charge in [-0.05, 0) is 36.2 Å². The molecule has 0 spiro atoms. The fourth-order valence-electron chi connectivity index (χ4n) is 2.63. The van der Waals surface area contributed by atoms with Gasteiger partial charge in [0.2, 0.25) is 15.9 Å². The molecule has 1 amide bonds. The van der Waals surface area contributed by atoms with Gasteiger partial charge in [-0.2, -0.15) is 0 Å². The molecule has 5 nitrogen and oxygen atoms in total. The van der Waals surface area contributed by atoms with Gasteiger partial charge in [0.05, 0.1) is 11.9 Å². The van der Waals surface area contributed by atoms with Crippen LogP contribution in [-0.4, -0.2) is 26.6 Å². The standard InChI is InChI=1S/C18H19Cl2FN2O3S/c1-3-16(18(24)22-11-12-8-9-13(19)10-14(12)20)23(27(2,25)26)17-7-5-4-6-15(17)21/h4-10,16H,3,11H2,1-2H3,(H,22,24)/t16-/m1/s1. The van der Waals surface area contributed by atoms with Crippen LogP contribution in [0.15, 0.2) is 42.5 Å². The lowest BCUT2D eigenvalue weighted by atomic mass is 10.1. The fourth-order valence-corrected chi connectivity index (χ4v) is 4.32. The van der Waals surface area contributed by atoms with Crippen LogP contribution in [0.4, 0.5) is 10.1 Å². The van der Waals surface area contributed by atoms with E-state index in [1.165, 1.54) is 18.2 Å². The zero-order chi connectivity index (χ0) is 20.2. The summed E-state index contributed by atoms with van der Waals surface area (Å²) >= 11 is 11.9. The van der Waals surface area contributed by atoms with Gasteiger partial charge in [-0.25, -0.2) is 12.8 Å². The quantitative estimate of drug-likeness (QED) is 0.718. The minimum Gasteiger partial charge on any atom is -0.350 e. The number of anilines is 1. The van der Waals surface area contributed by atoms with Crippen molar-refractivity contribution in [3.05, 3.63) is 63.9 Å². The van der Waals surface area contributed by atoms with Gasteiger partial charge < -0.3 is 5.32 Å². The summed E-state index contributed by atoms with van der Waals surface area (Å²) < 4.78 is 39.6. The van der Waals surface area contributed by atoms with Crippen LogP contribution < -0.4 is 9.62 Å². The summed E-state index contributed by atoms with van der Waals surface area (Å²) in [4.78, 5) is 12.7. The van der Waals surface area contributed by atoms with Crippen molar-refractivity contribution >= 4 is 44.8 Å². The van der Waals surface area contributed by atoms with Crippen molar-refractivity contribution in [1.82, 2.24) is 5.32 Å². The van der Waals surface area contributed by atoms with E-state index in [4.69, 9.17) is 23.2 Å². The Morgan fingerprint density at radius 2 is 1.89 bits per heavy atom. The Morgan fingerprint density at radius 3 is 2.44 bits per heavy atom. The molecule has 9 heteroatoms. The van der Waals surface area contributed by atoms with Crippen molar-refractivity contribution in [2.24, 2.45) is 0 Å². The van der Waals surface area contributed by atoms with E-state index in [1.807, 2.05) is 0 Å². The van der Waals surface area contributed by atoms with E-state index < -0.39 is 27.8 Å². The molecule has 1 N–H and O–H groups in total. The number of hydrogen-bond acceptors (Lipinski definition) is 3. The van der Waals surface area contributed by atoms with Gasteiger partial charge in [-0.1, -0.05) is 48.3 Å². The maximum Gasteiger partial charge on any atom is 0.244 e. The average Bonchev–Trinajstić information content (AvgIpc) is 2.58. The smallest absolute Gasteiger partial charge is 0.244 e. The maximum absolute atomic E-state index is 14.2. The molecule has 0 heterocycles. The van der Waals surface area contributed by atoms with Crippen molar-refractivity contribution < 1.29 is 17.6 Å². The van der Waals surface area contributed by atoms with Crippen LogP contribution in [-0.2, 0) is 21.4 Å². The van der Waals surface area contributed by atoms with E-state index in [2.05, 4.69) is 5.32 Å². The third kappa shape index (κ3) is 5.34. The Kier molecular flexibility index (Phi) is 7.08. The number of halogens is 3. The third-order valence-corrected chi connectivity index (χ3v) is 5.64. The van der Waals surface area contributed by atoms with E-state index in [0.717, 1.165) is 16.6 Å². The molecule has 0 aliphatic heterocycles. The van der Waals surface area contributed by atoms with Gasteiger partial charge in [-0.15, -0.1) is 0 Å². The Bertz CT molecular complexity index is 938. The molecular weight excluding hydrogens is 414 g/mol. The minimum atomic E-state index is -3.90. The van der Waals surface area contributed by atoms with Crippen LogP contribution in [0.1, 0.15) is 18.9 Å². The Morgan fingerprint density at radius 1 is 1.22 bits per heavy atom. The zero-order valence-corrected chi connectivity index (χ0v) is 17.1. The Hall–Kier alpha value is -1.83. The predicted octanol–water partition coefficient (Wildman–Crippen LogP) is 3.99. The number of nitrogens with zero attached hydrogens (tertiary/aromatic N) is 1. The minimum absolute atomic E-state index is 0.0835. The molecule has 0 saturated heterocycles. The predicted molar refractivity (Wildman–Crippen MR) is 106 cm³/mol. The van der Waals surface area contributed by atoms with Crippen molar-refractivity contribution in [1.29, 1.82) is 0 Å². The molecule has 1 atom stereocenters. The summed E-state index contributed by atoms with van der Waals surface area (Å²) in [6, 6.07) is 9.16. The van der Waals surface area contributed by atoms with E-state index in [0.29, 0.717) is 15.6 Å². The first-order valence-corrected chi connectivity index (χ1v) is 10.7. The fraction of sp³-hybridized carbons (Fsp3) is 0.278. The molecule has 0 unspecified atom stereocenters. The van der Waals surface area contributed by atoms with E-state index in [9.17, 15) is 17.6 Å². The molecule has 146 valence electrons. The molecular formula is C18H19Cl2FN2O3S. The van der Waals surface area contributed by atoms with Gasteiger partial charge in [0.1, 0.15) is 11.9 Å². The first kappa shape index (κ1) is 21.5. The second-order valence-electron chi connectivity index (χ2n) is 5.89. The lowest BCUT2D eigenvalue weighted by Crippen LogP contribution is -2.49. The van der Waals surface area contributed by atoms with Crippen LogP contribution in [0, 0.1) is 5.82 Å². The lowest BCUT2D eigenvalue weighted by Gasteiger charge is -2.30. The molecule has 0 aromatic heterocycles. The van der Waals surface area contributed by atoms with Gasteiger partial charge >= 0.3 is 0 Å². The zero-order valence-electron chi connectivity index (χ0n) is 14.7. The van der Waals surface area contributed by atoms with Gasteiger partial charge in [0, 0.05) is 16.6 Å². The summed E-state index contributed by atoms with van der Waals surface area (Å²) in [5.74, 6) is -1.29. The summed E-state index contributed by atoms with van der Waals surface area (Å²) in [5, 5.41) is 3.50. The van der Waals surface area contributed by atoms with Gasteiger partial charge in [0.25, 0.3) is 0 Å². The van der Waals surface area contributed by atoms with Crippen LogP contribution in [0.3, 0.4) is 0 Å². The van der Waals surface area contributed by atoms with Gasteiger partial charge in [-0.3, -0.25) is 9.10 Å². The third-order valence-electron chi connectivity index (χ3n) is 3.89. The number of rotatable bonds is 7. The monoisotopic (exact) mass is 432 g/mol. The molecule has 0 aliphatic rings. The largest absolute Gasteiger partial charge is 0.350 e. The Balaban J connectivity index is 2.28. The first-order valence-electron chi connectivity index (χ1n) is 8.10. The maximum atomic E-state index is 14.2. The van der Waals surface area contributed by atoms with Crippen LogP contribution >= 0.6 is 23.2 Å². The van der Waals surface area contributed by atoms with Crippen molar-refractivity contribution in [3.8, 4) is 0 Å². The first-order chi connectivity index (χ1) is 12.6. The van der Waals surface area contributed by atoms with Crippen molar-refractivity contribution in [2.45, 2.75) is 25.9 Å². The second kappa shape index (κ2) is 8.91. The number of hydrogen-bond donors (Lipinski definition) is 1. The number of nitrogens with one attached hydrogen (secondary N) is 1. The number of benzene rings is 2. The van der Waals surface area contributed by atoms with Gasteiger partial charge in [0.15, 0.2) is 0 Å². The molecule has 0 saturated carbocycles. The average molecular weight is 433 g/mol. The van der Waals surface area contributed by atoms with Crippen molar-refractivity contribution in [3.63, 3.8) is 0 Å². The van der Waals surface area contributed by atoms with Crippen LogP contribution in [0.25, 0.3) is 0 Å². The molecule has 2 rings (SSSR count). The topological polar surface area (TPSA) is 66.5 Å². The molecule has 0 radical (unpaired) electrons. The highest BCUT2D eigenvalue weighted by atomic mass is 35.5. The highest BCUT2D eigenvalue weighted by Gasteiger charge is 2.32. The van der Waals surface area contributed by atoms with E-state index in [1.54, 1.807) is 25.1 Å². The van der Waals surface area contributed by atoms with Crippen LogP contribution in [0.2, 0.25) is 10.0 Å². The molecule has 2 aromatic carbocycles. The number of amides is 1. The SMILES string of the molecule is CC[C@H](C(=O)NCc1ccc(Cl)cc1Cl)N(c1ccccc1F)S(C)(=O)=O. The molecule has 0 bridgehead atoms. The van der Waals surface area contributed by atoms with E-state index in [-0.39, 0.29) is 18.7 Å². The summed E-state index contributed by atoms with van der Waals surface area (Å²) in [6.07, 6.45) is 1.09. The molecule has 2 aromatic rings. The molecule has 27 heavy (non-hydrogen) atoms. The van der Waals surface area contributed by atoms with Crippen LogP contribution in [0.5, 0.6) is 0 Å². The number of para-hydroxylation sites is 1. The highest BCUT2D eigenvalue weighted by Crippen LogP contribution is 2.26. The van der Waals surface area contributed by atoms with Crippen molar-refractivity contribution in [2.75, 3.05) is 10.6 Å². The summed E-state index contributed by atoms with van der Waals surface area (Å²) in [5.41, 5.74) is 0.451. The number of sulfonamides is 1. The van der Waals surface area contributed by atoms with E-state index >= 15 is 0 Å². The highest BCUT2D eigenvalue weighted by molar-refractivity contribution is 7.92. The Labute approximate surface area is 168 Å². The summed E-state index contributed by atoms with van der Waals surface area (Å²) in [7, 11) is -3.90. The lowest BCUT2D eigenvalue weighted by molar-refractivity contribution is -0.122. The number of carbonyl (C=O) groups is 1. The molecule has 0 aliphatic carbocycles. The summed E-state index contributed by atoms with van der Waals surface area (Å²) in [6.45, 7) is 1.73. The molecule has 0 fully saturated rings. The second-order valence-corrected chi connectivity index (χ2v) is 8.59. The number of carbonyl (C=O) groups excluding carboxylic acids is 1. The normalized spacial score (nSPS) is 12.5.